The molecule has 0 bridgehead atoms. The smallest absolute Gasteiger partial charge is 0.326 e. The molecule has 0 saturated heterocycles. The third-order valence-corrected chi connectivity index (χ3v) is 4.75. The molecule has 0 fully saturated rings. The van der Waals surface area contributed by atoms with Gasteiger partial charge in [0.15, 0.2) is 4.34 Å². The Labute approximate surface area is 129 Å². The first kappa shape index (κ1) is 17.4. The topological polar surface area (TPSA) is 64.1 Å². The number of ether oxygens (including phenoxy) is 1. The molecule has 1 rings (SSSR count). The second-order valence-electron chi connectivity index (χ2n) is 4.69. The summed E-state index contributed by atoms with van der Waals surface area (Å²) in [4.78, 5) is 16.4. The Balaban J connectivity index is 2.53. The van der Waals surface area contributed by atoms with Crippen LogP contribution in [0.3, 0.4) is 0 Å². The van der Waals surface area contributed by atoms with Crippen LogP contribution >= 0.6 is 23.3 Å². The molecule has 1 aromatic heterocycles. The van der Waals surface area contributed by atoms with Crippen molar-refractivity contribution in [3.05, 3.63) is 5.82 Å². The molecule has 0 spiro atoms. The van der Waals surface area contributed by atoms with E-state index in [-0.39, 0.29) is 5.97 Å². The minimum absolute atomic E-state index is 0.178. The first-order valence-corrected chi connectivity index (χ1v) is 8.63. The molecule has 1 atom stereocenters. The van der Waals surface area contributed by atoms with E-state index in [1.807, 2.05) is 20.8 Å². The molecule has 1 heterocycles. The van der Waals surface area contributed by atoms with Crippen molar-refractivity contribution in [3.8, 4) is 0 Å². The Morgan fingerprint density at radius 3 is 2.80 bits per heavy atom. The predicted octanol–water partition coefficient (Wildman–Crippen LogP) is 2.65. The lowest BCUT2D eigenvalue weighted by molar-refractivity contribution is -0.150. The Kier molecular flexibility index (Phi) is 7.47. The van der Waals surface area contributed by atoms with Crippen LogP contribution in [-0.2, 0) is 9.53 Å². The van der Waals surface area contributed by atoms with Gasteiger partial charge in [-0.3, -0.25) is 4.79 Å². The Hall–Kier alpha value is -0.660. The van der Waals surface area contributed by atoms with Crippen molar-refractivity contribution in [1.82, 2.24) is 14.7 Å². The number of thioether (sulfide) groups is 1. The number of aryl methyl sites for hydroxylation is 1. The zero-order valence-electron chi connectivity index (χ0n) is 12.6. The van der Waals surface area contributed by atoms with Gasteiger partial charge in [0.1, 0.15) is 11.4 Å². The van der Waals surface area contributed by atoms with E-state index in [0.717, 1.165) is 28.9 Å². The van der Waals surface area contributed by atoms with Gasteiger partial charge in [-0.25, -0.2) is 4.98 Å². The van der Waals surface area contributed by atoms with Gasteiger partial charge in [0, 0.05) is 5.75 Å². The first-order chi connectivity index (χ1) is 9.51. The summed E-state index contributed by atoms with van der Waals surface area (Å²) in [7, 11) is 0. The van der Waals surface area contributed by atoms with Crippen LogP contribution in [0.15, 0.2) is 4.34 Å². The highest BCUT2D eigenvalue weighted by Gasteiger charge is 2.33. The average Bonchev–Trinajstić information content (AvgIpc) is 2.82. The lowest BCUT2D eigenvalue weighted by Gasteiger charge is -2.28. The third kappa shape index (κ3) is 5.38. The summed E-state index contributed by atoms with van der Waals surface area (Å²) >= 11 is 3.04. The molecule has 0 aliphatic heterocycles. The van der Waals surface area contributed by atoms with Gasteiger partial charge in [-0.05, 0) is 51.7 Å². The molecule has 7 heteroatoms. The molecule has 0 aliphatic rings. The molecule has 114 valence electrons. The minimum atomic E-state index is -0.626. The number of rotatable bonds is 9. The summed E-state index contributed by atoms with van der Waals surface area (Å²) in [5, 5.41) is 3.30. The van der Waals surface area contributed by atoms with Gasteiger partial charge in [0.05, 0.1) is 6.61 Å². The van der Waals surface area contributed by atoms with Gasteiger partial charge in [0.2, 0.25) is 0 Å². The maximum absolute atomic E-state index is 12.1. The maximum Gasteiger partial charge on any atom is 0.326 e. The molecular formula is C13H23N3O2S2. The summed E-state index contributed by atoms with van der Waals surface area (Å²) in [6, 6.07) is 0. The third-order valence-electron chi connectivity index (χ3n) is 2.83. The minimum Gasteiger partial charge on any atom is -0.465 e. The summed E-state index contributed by atoms with van der Waals surface area (Å²) in [5.74, 6) is 1.43. The number of carbonyl (C=O) groups is 1. The second-order valence-corrected chi connectivity index (χ2v) is 6.78. The number of nitrogens with one attached hydrogen (secondary N) is 1. The highest BCUT2D eigenvalue weighted by Crippen LogP contribution is 2.24. The van der Waals surface area contributed by atoms with E-state index in [1.54, 1.807) is 11.8 Å². The molecule has 1 unspecified atom stereocenters. The highest BCUT2D eigenvalue weighted by molar-refractivity contribution is 8.00. The van der Waals surface area contributed by atoms with Crippen LogP contribution in [0, 0.1) is 6.92 Å². The molecule has 0 amide bonds. The molecule has 5 nitrogen and oxygen atoms in total. The van der Waals surface area contributed by atoms with E-state index in [4.69, 9.17) is 4.74 Å². The fraction of sp³-hybridized carbons (Fsp3) is 0.769. The van der Waals surface area contributed by atoms with E-state index in [0.29, 0.717) is 13.0 Å². The Bertz CT molecular complexity index is 426. The number of hydrogen-bond donors (Lipinski definition) is 1. The van der Waals surface area contributed by atoms with Crippen molar-refractivity contribution in [2.24, 2.45) is 0 Å². The molecule has 0 aromatic carbocycles. The summed E-state index contributed by atoms with van der Waals surface area (Å²) < 4.78 is 10.3. The predicted molar refractivity (Wildman–Crippen MR) is 83.3 cm³/mol. The van der Waals surface area contributed by atoms with E-state index in [9.17, 15) is 4.79 Å². The summed E-state index contributed by atoms with van der Waals surface area (Å²) in [6.45, 7) is 8.91. The van der Waals surface area contributed by atoms with Gasteiger partial charge in [0.25, 0.3) is 0 Å². The lowest BCUT2D eigenvalue weighted by atomic mass is 9.99. The number of aromatic nitrogens is 2. The van der Waals surface area contributed by atoms with E-state index < -0.39 is 5.54 Å². The SMILES string of the molecule is CCCNC(C)(CCSc1nc(C)ns1)C(=O)OCC. The van der Waals surface area contributed by atoms with Crippen molar-refractivity contribution in [3.63, 3.8) is 0 Å². The van der Waals surface area contributed by atoms with Gasteiger partial charge >= 0.3 is 5.97 Å². The Morgan fingerprint density at radius 2 is 2.25 bits per heavy atom. The van der Waals surface area contributed by atoms with Crippen LogP contribution < -0.4 is 5.32 Å². The van der Waals surface area contributed by atoms with Crippen molar-refractivity contribution in [2.75, 3.05) is 18.9 Å². The number of esters is 1. The molecule has 1 N–H and O–H groups in total. The van der Waals surface area contributed by atoms with E-state index >= 15 is 0 Å². The Morgan fingerprint density at radius 1 is 1.50 bits per heavy atom. The standard InChI is InChI=1S/C13H23N3O2S2/c1-5-8-14-13(4,11(17)18-6-2)7-9-19-12-15-10(3)16-20-12/h14H,5-9H2,1-4H3. The number of nitrogens with zero attached hydrogens (tertiary/aromatic N) is 2. The molecule has 0 radical (unpaired) electrons. The molecule has 20 heavy (non-hydrogen) atoms. The summed E-state index contributed by atoms with van der Waals surface area (Å²) in [6.07, 6.45) is 1.69. The second kappa shape index (κ2) is 8.59. The zero-order valence-corrected chi connectivity index (χ0v) is 14.2. The number of carbonyl (C=O) groups excluding carboxylic acids is 1. The van der Waals surface area contributed by atoms with Crippen molar-refractivity contribution in [1.29, 1.82) is 0 Å². The van der Waals surface area contributed by atoms with Gasteiger partial charge < -0.3 is 10.1 Å². The van der Waals surface area contributed by atoms with Crippen LogP contribution in [0.25, 0.3) is 0 Å². The van der Waals surface area contributed by atoms with Gasteiger partial charge in [-0.2, -0.15) is 4.37 Å². The normalized spacial score (nSPS) is 14.0. The molecular weight excluding hydrogens is 294 g/mol. The van der Waals surface area contributed by atoms with Crippen molar-refractivity contribution < 1.29 is 9.53 Å². The molecule has 0 aliphatic carbocycles. The quantitative estimate of drug-likeness (QED) is 0.558. The summed E-state index contributed by atoms with van der Waals surface area (Å²) in [5.41, 5.74) is -0.626. The average molecular weight is 317 g/mol. The highest BCUT2D eigenvalue weighted by atomic mass is 32.2. The fourth-order valence-corrected chi connectivity index (χ4v) is 3.51. The van der Waals surface area contributed by atoms with Crippen LogP contribution in [0.2, 0.25) is 0 Å². The van der Waals surface area contributed by atoms with Crippen LogP contribution in [0.1, 0.15) is 39.4 Å². The fourth-order valence-electron chi connectivity index (χ4n) is 1.63. The zero-order chi connectivity index (χ0) is 15.0. The first-order valence-electron chi connectivity index (χ1n) is 6.87. The monoisotopic (exact) mass is 317 g/mol. The van der Waals surface area contributed by atoms with Crippen LogP contribution in [0.4, 0.5) is 0 Å². The van der Waals surface area contributed by atoms with Crippen molar-refractivity contribution >= 4 is 29.3 Å². The maximum atomic E-state index is 12.1. The van der Waals surface area contributed by atoms with Gasteiger partial charge in [-0.1, -0.05) is 18.7 Å². The van der Waals surface area contributed by atoms with Crippen LogP contribution in [0.5, 0.6) is 0 Å². The van der Waals surface area contributed by atoms with Gasteiger partial charge in [-0.15, -0.1) is 0 Å². The van der Waals surface area contributed by atoms with Crippen LogP contribution in [-0.4, -0.2) is 39.8 Å². The van der Waals surface area contributed by atoms with Crippen molar-refractivity contribution in [2.45, 2.75) is 50.4 Å². The van der Waals surface area contributed by atoms with E-state index in [1.165, 1.54) is 11.5 Å². The molecule has 1 aromatic rings. The molecule has 0 saturated carbocycles. The number of hydrogen-bond acceptors (Lipinski definition) is 7. The van der Waals surface area contributed by atoms with E-state index in [2.05, 4.69) is 21.6 Å². The largest absolute Gasteiger partial charge is 0.465 e. The lowest BCUT2D eigenvalue weighted by Crippen LogP contribution is -2.51.